The number of hydrogen-bond acceptors (Lipinski definition) is 2. The van der Waals surface area contributed by atoms with Crippen LogP contribution in [-0.2, 0) is 6.42 Å². The van der Waals surface area contributed by atoms with Crippen LogP contribution in [0.2, 0.25) is 0 Å². The number of rotatable bonds is 4. The molecule has 2 rings (SSSR count). The van der Waals surface area contributed by atoms with Gasteiger partial charge in [0.2, 0.25) is 0 Å². The third-order valence-corrected chi connectivity index (χ3v) is 3.32. The van der Waals surface area contributed by atoms with E-state index in [9.17, 15) is 0 Å². The summed E-state index contributed by atoms with van der Waals surface area (Å²) in [5.41, 5.74) is 1.41. The first-order chi connectivity index (χ1) is 7.90. The van der Waals surface area contributed by atoms with Crippen LogP contribution in [-0.4, -0.2) is 24.0 Å². The Hall–Kier alpha value is -1.33. The van der Waals surface area contributed by atoms with E-state index in [0.29, 0.717) is 12.5 Å². The summed E-state index contributed by atoms with van der Waals surface area (Å²) in [4.78, 5) is 2.47. The lowest BCUT2D eigenvalue weighted by atomic mass is 10.0. The first-order valence-electron chi connectivity index (χ1n) is 6.05. The molecule has 2 nitrogen and oxygen atoms in total. The first kappa shape index (κ1) is 11.2. The van der Waals surface area contributed by atoms with Gasteiger partial charge < -0.3 is 0 Å². The Morgan fingerprint density at radius 2 is 2.12 bits per heavy atom. The van der Waals surface area contributed by atoms with Crippen molar-refractivity contribution in [3.05, 3.63) is 35.9 Å². The van der Waals surface area contributed by atoms with E-state index in [4.69, 9.17) is 5.26 Å². The summed E-state index contributed by atoms with van der Waals surface area (Å²) in [6, 6.07) is 13.5. The van der Waals surface area contributed by atoms with Crippen molar-refractivity contribution in [2.24, 2.45) is 0 Å². The van der Waals surface area contributed by atoms with E-state index in [2.05, 4.69) is 41.3 Å². The molecular weight excluding hydrogens is 196 g/mol. The van der Waals surface area contributed by atoms with Crippen molar-refractivity contribution in [2.75, 3.05) is 13.1 Å². The van der Waals surface area contributed by atoms with Crippen LogP contribution < -0.4 is 0 Å². The maximum absolute atomic E-state index is 8.63. The minimum atomic E-state index is 0.649. The molecule has 1 heterocycles. The fraction of sp³-hybridized carbons (Fsp3) is 0.500. The summed E-state index contributed by atoms with van der Waals surface area (Å²) in [6.45, 7) is 2.10. The number of hydrogen-bond donors (Lipinski definition) is 0. The van der Waals surface area contributed by atoms with Crippen LogP contribution >= 0.6 is 0 Å². The second-order valence-corrected chi connectivity index (χ2v) is 4.43. The van der Waals surface area contributed by atoms with Gasteiger partial charge in [0, 0.05) is 19.0 Å². The third-order valence-electron chi connectivity index (χ3n) is 3.32. The van der Waals surface area contributed by atoms with Gasteiger partial charge in [0.1, 0.15) is 0 Å². The Kier molecular flexibility index (Phi) is 3.96. The van der Waals surface area contributed by atoms with E-state index in [1.54, 1.807) is 0 Å². The zero-order valence-electron chi connectivity index (χ0n) is 9.60. The number of benzene rings is 1. The van der Waals surface area contributed by atoms with E-state index < -0.39 is 0 Å². The lowest BCUT2D eigenvalue weighted by Gasteiger charge is -2.23. The molecule has 2 heteroatoms. The van der Waals surface area contributed by atoms with Gasteiger partial charge in [0.25, 0.3) is 0 Å². The van der Waals surface area contributed by atoms with Gasteiger partial charge in [0.05, 0.1) is 6.07 Å². The molecule has 0 saturated carbocycles. The van der Waals surface area contributed by atoms with Crippen LogP contribution in [0.25, 0.3) is 0 Å². The monoisotopic (exact) mass is 214 g/mol. The molecule has 1 aromatic rings. The molecule has 1 saturated heterocycles. The van der Waals surface area contributed by atoms with E-state index in [1.165, 1.54) is 24.9 Å². The predicted molar refractivity (Wildman–Crippen MR) is 65.0 cm³/mol. The van der Waals surface area contributed by atoms with Gasteiger partial charge in [-0.2, -0.15) is 5.26 Å². The normalized spacial score (nSPS) is 20.8. The first-order valence-corrected chi connectivity index (χ1v) is 6.05. The van der Waals surface area contributed by atoms with Crippen LogP contribution in [0, 0.1) is 11.3 Å². The van der Waals surface area contributed by atoms with Gasteiger partial charge in [0.15, 0.2) is 0 Å². The standard InChI is InChI=1S/C14H18N2/c15-9-5-11-16-10-4-8-14(16)12-13-6-2-1-3-7-13/h1-3,6-7,14H,4-5,8,10-12H2/t14-/m0/s1. The average molecular weight is 214 g/mol. The molecule has 1 atom stereocenters. The van der Waals surface area contributed by atoms with Crippen molar-refractivity contribution in [2.45, 2.75) is 31.7 Å². The third kappa shape index (κ3) is 2.84. The van der Waals surface area contributed by atoms with E-state index in [1.807, 2.05) is 0 Å². The molecule has 0 amide bonds. The summed E-state index contributed by atoms with van der Waals surface area (Å²) in [6.07, 6.45) is 4.35. The van der Waals surface area contributed by atoms with Crippen LogP contribution in [0.4, 0.5) is 0 Å². The van der Waals surface area contributed by atoms with Gasteiger partial charge >= 0.3 is 0 Å². The second kappa shape index (κ2) is 5.67. The van der Waals surface area contributed by atoms with E-state index >= 15 is 0 Å². The summed E-state index contributed by atoms with van der Waals surface area (Å²) in [7, 11) is 0. The van der Waals surface area contributed by atoms with E-state index in [0.717, 1.165) is 13.0 Å². The molecule has 84 valence electrons. The summed E-state index contributed by atoms with van der Waals surface area (Å²) in [5.74, 6) is 0. The lowest BCUT2D eigenvalue weighted by Crippen LogP contribution is -2.31. The second-order valence-electron chi connectivity index (χ2n) is 4.43. The molecule has 1 aliphatic heterocycles. The number of nitriles is 1. The summed E-state index contributed by atoms with van der Waals surface area (Å²) < 4.78 is 0. The smallest absolute Gasteiger partial charge is 0.0635 e. The molecule has 0 bridgehead atoms. The lowest BCUT2D eigenvalue weighted by molar-refractivity contribution is 0.258. The molecule has 1 aliphatic rings. The Morgan fingerprint density at radius 3 is 2.88 bits per heavy atom. The van der Waals surface area contributed by atoms with Crippen molar-refractivity contribution < 1.29 is 0 Å². The van der Waals surface area contributed by atoms with Crippen LogP contribution in [0.5, 0.6) is 0 Å². The Labute approximate surface area is 97.5 Å². The average Bonchev–Trinajstić information content (AvgIpc) is 2.75. The highest BCUT2D eigenvalue weighted by atomic mass is 15.2. The quantitative estimate of drug-likeness (QED) is 0.770. The zero-order chi connectivity index (χ0) is 11.2. The Balaban J connectivity index is 1.91. The van der Waals surface area contributed by atoms with Gasteiger partial charge in [-0.1, -0.05) is 30.3 Å². The van der Waals surface area contributed by atoms with Crippen molar-refractivity contribution >= 4 is 0 Å². The van der Waals surface area contributed by atoms with Gasteiger partial charge in [-0.15, -0.1) is 0 Å². The van der Waals surface area contributed by atoms with Crippen molar-refractivity contribution in [3.63, 3.8) is 0 Å². The zero-order valence-corrected chi connectivity index (χ0v) is 9.60. The highest BCUT2D eigenvalue weighted by Crippen LogP contribution is 2.21. The van der Waals surface area contributed by atoms with Gasteiger partial charge in [-0.05, 0) is 31.4 Å². The molecule has 0 unspecified atom stereocenters. The predicted octanol–water partition coefficient (Wildman–Crippen LogP) is 2.61. The molecule has 0 N–H and O–H groups in total. The van der Waals surface area contributed by atoms with Crippen molar-refractivity contribution in [1.29, 1.82) is 5.26 Å². The fourth-order valence-corrected chi connectivity index (χ4v) is 2.50. The highest BCUT2D eigenvalue weighted by molar-refractivity contribution is 5.16. The minimum absolute atomic E-state index is 0.649. The van der Waals surface area contributed by atoms with Crippen LogP contribution in [0.15, 0.2) is 30.3 Å². The van der Waals surface area contributed by atoms with Gasteiger partial charge in [-0.25, -0.2) is 0 Å². The van der Waals surface area contributed by atoms with Crippen molar-refractivity contribution in [1.82, 2.24) is 4.90 Å². The number of likely N-dealkylation sites (tertiary alicyclic amines) is 1. The van der Waals surface area contributed by atoms with Gasteiger partial charge in [-0.3, -0.25) is 4.90 Å². The molecule has 1 fully saturated rings. The number of nitrogens with zero attached hydrogens (tertiary/aromatic N) is 2. The van der Waals surface area contributed by atoms with Crippen LogP contribution in [0.3, 0.4) is 0 Å². The largest absolute Gasteiger partial charge is 0.299 e. The van der Waals surface area contributed by atoms with E-state index in [-0.39, 0.29) is 0 Å². The maximum Gasteiger partial charge on any atom is 0.0635 e. The van der Waals surface area contributed by atoms with Crippen LogP contribution in [0.1, 0.15) is 24.8 Å². The fourth-order valence-electron chi connectivity index (χ4n) is 2.50. The molecule has 0 aliphatic carbocycles. The molecular formula is C14H18N2. The summed E-state index contributed by atoms with van der Waals surface area (Å²) >= 11 is 0. The Bertz CT molecular complexity index is 353. The molecule has 0 aromatic heterocycles. The summed E-state index contributed by atoms with van der Waals surface area (Å²) in [5, 5.41) is 8.63. The maximum atomic E-state index is 8.63. The molecule has 0 radical (unpaired) electrons. The topological polar surface area (TPSA) is 27.0 Å². The minimum Gasteiger partial charge on any atom is -0.299 e. The molecule has 1 aromatic carbocycles. The molecule has 0 spiro atoms. The SMILES string of the molecule is N#CCCN1CCC[C@H]1Cc1ccccc1. The van der Waals surface area contributed by atoms with Crippen molar-refractivity contribution in [3.8, 4) is 6.07 Å². The highest BCUT2D eigenvalue weighted by Gasteiger charge is 2.23. The Morgan fingerprint density at radius 1 is 1.31 bits per heavy atom. The molecule has 16 heavy (non-hydrogen) atoms.